The van der Waals surface area contributed by atoms with Gasteiger partial charge in [0.2, 0.25) is 11.7 Å². The van der Waals surface area contributed by atoms with Gasteiger partial charge in [-0.2, -0.15) is 0 Å². The van der Waals surface area contributed by atoms with Gasteiger partial charge in [-0.15, -0.1) is 24.8 Å². The van der Waals surface area contributed by atoms with Crippen LogP contribution in [0.15, 0.2) is 12.1 Å². The summed E-state index contributed by atoms with van der Waals surface area (Å²) >= 11 is 0. The third-order valence-corrected chi connectivity index (χ3v) is 5.77. The molecule has 0 radical (unpaired) electrons. The maximum Gasteiger partial charge on any atom is 0.225 e. The highest BCUT2D eigenvalue weighted by Crippen LogP contribution is 2.40. The lowest BCUT2D eigenvalue weighted by atomic mass is 9.88. The van der Waals surface area contributed by atoms with Gasteiger partial charge in [0.25, 0.3) is 0 Å². The quantitative estimate of drug-likeness (QED) is 0.687. The summed E-state index contributed by atoms with van der Waals surface area (Å²) in [5, 5.41) is 3.25. The number of nitrogens with zero attached hydrogens (tertiary/aromatic N) is 2. The number of hydrogen-bond acceptors (Lipinski definition) is 6. The van der Waals surface area contributed by atoms with Gasteiger partial charge in [0.15, 0.2) is 11.5 Å². The van der Waals surface area contributed by atoms with Gasteiger partial charge in [-0.05, 0) is 25.1 Å². The van der Waals surface area contributed by atoms with Crippen LogP contribution < -0.4 is 19.5 Å². The smallest absolute Gasteiger partial charge is 0.225 e. The number of methoxy groups -OCH3 is 3. The number of carbonyl (C=O) groups excluding carboxylic acids is 1. The van der Waals surface area contributed by atoms with E-state index in [1.165, 1.54) is 0 Å². The van der Waals surface area contributed by atoms with Crippen molar-refractivity contribution in [1.29, 1.82) is 0 Å². The van der Waals surface area contributed by atoms with Gasteiger partial charge < -0.3 is 24.4 Å². The summed E-state index contributed by atoms with van der Waals surface area (Å²) < 4.78 is 16.4. The Morgan fingerprint density at radius 1 is 1.03 bits per heavy atom. The second-order valence-electron chi connectivity index (χ2n) is 7.30. The topological polar surface area (TPSA) is 63.3 Å². The molecule has 2 fully saturated rings. The summed E-state index contributed by atoms with van der Waals surface area (Å²) in [4.78, 5) is 17.1. The summed E-state index contributed by atoms with van der Waals surface area (Å²) in [6.07, 6.45) is 0. The largest absolute Gasteiger partial charge is 0.493 e. The molecule has 2 heterocycles. The Kier molecular flexibility index (Phi) is 10.3. The summed E-state index contributed by atoms with van der Waals surface area (Å²) in [6.45, 7) is 8.02. The maximum absolute atomic E-state index is 12.7. The SMILES string of the molecule is COc1ccc(CN2CCN(C(=O)C(C)C3CNC3)CC2)c(OC)c1OC.Cl.Cl. The predicted octanol–water partition coefficient (Wildman–Crippen LogP) is 2.06. The monoisotopic (exact) mass is 449 g/mol. The first-order chi connectivity index (χ1) is 13.1. The first-order valence-corrected chi connectivity index (χ1v) is 9.58. The number of amides is 1. The fraction of sp³-hybridized carbons (Fsp3) is 0.650. The summed E-state index contributed by atoms with van der Waals surface area (Å²) in [5.74, 6) is 2.89. The van der Waals surface area contributed by atoms with Crippen molar-refractivity contribution in [2.75, 3.05) is 60.6 Å². The lowest BCUT2D eigenvalue weighted by Crippen LogP contribution is -2.54. The Hall–Kier alpha value is -1.41. The van der Waals surface area contributed by atoms with E-state index < -0.39 is 0 Å². The third kappa shape index (κ3) is 5.60. The Bertz CT molecular complexity index is 665. The molecule has 2 aliphatic heterocycles. The van der Waals surface area contributed by atoms with Gasteiger partial charge in [-0.25, -0.2) is 0 Å². The molecule has 1 aromatic rings. The summed E-state index contributed by atoms with van der Waals surface area (Å²) in [5.41, 5.74) is 1.06. The van der Waals surface area contributed by atoms with Gasteiger partial charge in [0.05, 0.1) is 21.3 Å². The van der Waals surface area contributed by atoms with Crippen LogP contribution in [-0.4, -0.2) is 76.3 Å². The number of piperazine rings is 1. The Labute approximate surface area is 185 Å². The molecule has 1 N–H and O–H groups in total. The minimum atomic E-state index is 0. The van der Waals surface area contributed by atoms with Crippen molar-refractivity contribution in [2.45, 2.75) is 13.5 Å². The Balaban J connectivity index is 0.00000210. The molecule has 1 unspecified atom stereocenters. The van der Waals surface area contributed by atoms with E-state index in [4.69, 9.17) is 14.2 Å². The zero-order valence-corrected chi connectivity index (χ0v) is 19.2. The number of nitrogens with one attached hydrogen (secondary N) is 1. The van der Waals surface area contributed by atoms with E-state index in [1.807, 2.05) is 17.0 Å². The van der Waals surface area contributed by atoms with E-state index in [-0.39, 0.29) is 30.7 Å². The number of rotatable bonds is 7. The molecule has 0 bridgehead atoms. The van der Waals surface area contributed by atoms with Crippen molar-refractivity contribution in [3.8, 4) is 17.2 Å². The second-order valence-corrected chi connectivity index (χ2v) is 7.30. The number of benzene rings is 1. The van der Waals surface area contributed by atoms with Crippen LogP contribution in [0.5, 0.6) is 17.2 Å². The van der Waals surface area contributed by atoms with Crippen LogP contribution in [0.25, 0.3) is 0 Å². The predicted molar refractivity (Wildman–Crippen MR) is 118 cm³/mol. The molecule has 3 rings (SSSR count). The van der Waals surface area contributed by atoms with E-state index in [9.17, 15) is 4.79 Å². The van der Waals surface area contributed by atoms with Crippen molar-refractivity contribution in [2.24, 2.45) is 11.8 Å². The lowest BCUT2D eigenvalue weighted by Gasteiger charge is -2.39. The third-order valence-electron chi connectivity index (χ3n) is 5.77. The molecule has 1 aromatic carbocycles. The van der Waals surface area contributed by atoms with Crippen LogP contribution >= 0.6 is 24.8 Å². The highest BCUT2D eigenvalue weighted by atomic mass is 35.5. The van der Waals surface area contributed by atoms with E-state index >= 15 is 0 Å². The number of halogens is 2. The lowest BCUT2D eigenvalue weighted by molar-refractivity contribution is -0.139. The van der Waals surface area contributed by atoms with E-state index in [0.717, 1.165) is 51.4 Å². The fourth-order valence-electron chi connectivity index (χ4n) is 3.81. The fourth-order valence-corrected chi connectivity index (χ4v) is 3.81. The molecule has 29 heavy (non-hydrogen) atoms. The highest BCUT2D eigenvalue weighted by molar-refractivity contribution is 5.85. The van der Waals surface area contributed by atoms with Crippen molar-refractivity contribution < 1.29 is 19.0 Å². The Morgan fingerprint density at radius 2 is 1.66 bits per heavy atom. The average molecular weight is 450 g/mol. The number of ether oxygens (including phenoxy) is 3. The van der Waals surface area contributed by atoms with E-state index in [2.05, 4.69) is 17.1 Å². The highest BCUT2D eigenvalue weighted by Gasteiger charge is 2.33. The van der Waals surface area contributed by atoms with Crippen LogP contribution in [0.2, 0.25) is 0 Å². The molecule has 0 saturated carbocycles. The minimum absolute atomic E-state index is 0. The second kappa shape index (κ2) is 11.7. The zero-order chi connectivity index (χ0) is 19.4. The summed E-state index contributed by atoms with van der Waals surface area (Å²) in [7, 11) is 4.88. The molecule has 9 heteroatoms. The Morgan fingerprint density at radius 3 is 2.14 bits per heavy atom. The van der Waals surface area contributed by atoms with Gasteiger partial charge >= 0.3 is 0 Å². The normalized spacial score (nSPS) is 18.0. The van der Waals surface area contributed by atoms with Crippen LogP contribution in [-0.2, 0) is 11.3 Å². The number of carbonyl (C=O) groups is 1. The molecule has 0 spiro atoms. The first kappa shape index (κ1) is 25.6. The molecule has 2 saturated heterocycles. The van der Waals surface area contributed by atoms with Gasteiger partial charge in [-0.1, -0.05) is 13.0 Å². The van der Waals surface area contributed by atoms with Crippen LogP contribution in [0.3, 0.4) is 0 Å². The van der Waals surface area contributed by atoms with Gasteiger partial charge in [0.1, 0.15) is 0 Å². The van der Waals surface area contributed by atoms with Crippen molar-refractivity contribution in [1.82, 2.24) is 15.1 Å². The molecule has 1 amide bonds. The molecule has 1 atom stereocenters. The van der Waals surface area contributed by atoms with Crippen molar-refractivity contribution >= 4 is 30.7 Å². The van der Waals surface area contributed by atoms with Crippen molar-refractivity contribution in [3.05, 3.63) is 17.7 Å². The van der Waals surface area contributed by atoms with E-state index in [1.54, 1.807) is 21.3 Å². The summed E-state index contributed by atoms with van der Waals surface area (Å²) in [6, 6.07) is 3.92. The molecule has 0 aliphatic carbocycles. The number of hydrogen-bond donors (Lipinski definition) is 1. The molecular formula is C20H33Cl2N3O4. The molecule has 2 aliphatic rings. The standard InChI is InChI=1S/C20H31N3O4.2ClH/c1-14(16-11-21-12-16)20(24)23-9-7-22(8-10-23)13-15-5-6-17(25-2)19(27-4)18(15)26-3;;/h5-6,14,16,21H,7-13H2,1-4H3;2*1H. The van der Waals surface area contributed by atoms with Crippen LogP contribution in [0, 0.1) is 11.8 Å². The maximum atomic E-state index is 12.7. The average Bonchev–Trinajstić information content (AvgIpc) is 2.66. The van der Waals surface area contributed by atoms with Crippen LogP contribution in [0.4, 0.5) is 0 Å². The van der Waals surface area contributed by atoms with Crippen molar-refractivity contribution in [3.63, 3.8) is 0 Å². The van der Waals surface area contributed by atoms with Gasteiger partial charge in [0, 0.05) is 44.2 Å². The van der Waals surface area contributed by atoms with E-state index in [0.29, 0.717) is 29.1 Å². The zero-order valence-electron chi connectivity index (χ0n) is 17.6. The minimum Gasteiger partial charge on any atom is -0.493 e. The molecule has 0 aromatic heterocycles. The first-order valence-electron chi connectivity index (χ1n) is 9.58. The van der Waals surface area contributed by atoms with Crippen LogP contribution in [0.1, 0.15) is 12.5 Å². The molecule has 166 valence electrons. The molecular weight excluding hydrogens is 417 g/mol. The van der Waals surface area contributed by atoms with Gasteiger partial charge in [-0.3, -0.25) is 9.69 Å². The molecule has 7 nitrogen and oxygen atoms in total.